The van der Waals surface area contributed by atoms with Crippen LogP contribution in [0.2, 0.25) is 0 Å². The molecule has 2 rings (SSSR count). The van der Waals surface area contributed by atoms with Crippen LogP contribution in [0.5, 0.6) is 5.88 Å². The summed E-state index contributed by atoms with van der Waals surface area (Å²) in [5.74, 6) is 1.50. The zero-order valence-electron chi connectivity index (χ0n) is 8.66. The molecule has 1 aromatic rings. The fourth-order valence-electron chi connectivity index (χ4n) is 1.44. The first-order valence-electron chi connectivity index (χ1n) is 4.90. The molecule has 5 heteroatoms. The smallest absolute Gasteiger partial charge is 0.218 e. The van der Waals surface area contributed by atoms with E-state index in [1.807, 2.05) is 12.1 Å². The van der Waals surface area contributed by atoms with Crippen molar-refractivity contribution in [2.24, 2.45) is 4.99 Å². The highest BCUT2D eigenvalue weighted by Gasteiger charge is 2.06. The van der Waals surface area contributed by atoms with Crippen molar-refractivity contribution in [3.63, 3.8) is 0 Å². The number of guanidine groups is 1. The number of methoxy groups -OCH3 is 1. The lowest BCUT2D eigenvalue weighted by Crippen LogP contribution is -2.33. The molecule has 1 aromatic heterocycles. The molecule has 0 aromatic carbocycles. The standard InChI is InChI=1S/C10H14N4O/c1-15-9-8(3-2-4-11-9)7-14-10-12-5-6-13-10/h2-4H,5-7H2,1H3,(H2,12,13,14). The summed E-state index contributed by atoms with van der Waals surface area (Å²) < 4.78 is 5.15. The molecular weight excluding hydrogens is 192 g/mol. The van der Waals surface area contributed by atoms with E-state index < -0.39 is 0 Å². The molecular formula is C10H14N4O. The maximum absolute atomic E-state index is 5.15. The number of nitrogens with one attached hydrogen (secondary N) is 2. The van der Waals surface area contributed by atoms with Crippen LogP contribution in [-0.2, 0) is 6.54 Å². The maximum Gasteiger partial charge on any atom is 0.218 e. The Morgan fingerprint density at radius 1 is 1.60 bits per heavy atom. The number of hydrogen-bond acceptors (Lipinski definition) is 5. The molecule has 0 bridgehead atoms. The first kappa shape index (κ1) is 9.76. The van der Waals surface area contributed by atoms with Gasteiger partial charge in [-0.2, -0.15) is 0 Å². The maximum atomic E-state index is 5.15. The van der Waals surface area contributed by atoms with Gasteiger partial charge in [0.1, 0.15) is 0 Å². The van der Waals surface area contributed by atoms with Crippen LogP contribution in [0.1, 0.15) is 5.56 Å². The van der Waals surface area contributed by atoms with Gasteiger partial charge in [-0.15, -0.1) is 0 Å². The molecule has 0 saturated carbocycles. The van der Waals surface area contributed by atoms with E-state index in [1.54, 1.807) is 13.3 Å². The molecule has 0 fully saturated rings. The summed E-state index contributed by atoms with van der Waals surface area (Å²) in [6.45, 7) is 2.42. The fraction of sp³-hybridized carbons (Fsp3) is 0.400. The van der Waals surface area contributed by atoms with Gasteiger partial charge in [0.05, 0.1) is 13.7 Å². The third kappa shape index (κ3) is 2.37. The molecule has 0 amide bonds. The number of aromatic nitrogens is 1. The van der Waals surface area contributed by atoms with Crippen molar-refractivity contribution < 1.29 is 4.74 Å². The van der Waals surface area contributed by atoms with Crippen molar-refractivity contribution in [2.45, 2.75) is 6.54 Å². The molecule has 0 atom stereocenters. The highest BCUT2D eigenvalue weighted by Crippen LogP contribution is 2.12. The summed E-state index contributed by atoms with van der Waals surface area (Å²) in [6.07, 6.45) is 1.72. The molecule has 1 aliphatic rings. The lowest BCUT2D eigenvalue weighted by Gasteiger charge is -2.09. The quantitative estimate of drug-likeness (QED) is 0.738. The van der Waals surface area contributed by atoms with Crippen LogP contribution >= 0.6 is 0 Å². The third-order valence-electron chi connectivity index (χ3n) is 2.16. The summed E-state index contributed by atoms with van der Waals surface area (Å²) in [5, 5.41) is 6.33. The minimum atomic E-state index is 0.656. The largest absolute Gasteiger partial charge is 0.481 e. The average Bonchev–Trinajstić information content (AvgIpc) is 2.79. The van der Waals surface area contributed by atoms with Gasteiger partial charge in [0.25, 0.3) is 0 Å². The monoisotopic (exact) mass is 206 g/mol. The summed E-state index contributed by atoms with van der Waals surface area (Å²) >= 11 is 0. The Labute approximate surface area is 88.6 Å². The number of ether oxygens (including phenoxy) is 1. The van der Waals surface area contributed by atoms with E-state index in [2.05, 4.69) is 20.6 Å². The highest BCUT2D eigenvalue weighted by molar-refractivity contribution is 5.81. The van der Waals surface area contributed by atoms with Crippen molar-refractivity contribution in [1.29, 1.82) is 0 Å². The van der Waals surface area contributed by atoms with Gasteiger partial charge in [-0.05, 0) is 6.07 Å². The second-order valence-electron chi connectivity index (χ2n) is 3.18. The molecule has 0 saturated heterocycles. The Morgan fingerprint density at radius 2 is 2.53 bits per heavy atom. The van der Waals surface area contributed by atoms with Crippen molar-refractivity contribution in [2.75, 3.05) is 20.2 Å². The van der Waals surface area contributed by atoms with Gasteiger partial charge < -0.3 is 15.4 Å². The van der Waals surface area contributed by atoms with Gasteiger partial charge in [-0.1, -0.05) is 6.07 Å². The molecule has 0 radical (unpaired) electrons. The van der Waals surface area contributed by atoms with E-state index in [0.717, 1.165) is 24.6 Å². The molecule has 0 aliphatic carbocycles. The molecule has 2 N–H and O–H groups in total. The van der Waals surface area contributed by atoms with Crippen LogP contribution in [0, 0.1) is 0 Å². The molecule has 0 spiro atoms. The van der Waals surface area contributed by atoms with Gasteiger partial charge in [0.15, 0.2) is 5.96 Å². The Hall–Kier alpha value is -1.78. The van der Waals surface area contributed by atoms with Crippen LogP contribution in [0.4, 0.5) is 0 Å². The number of hydrogen-bond donors (Lipinski definition) is 2. The minimum Gasteiger partial charge on any atom is -0.481 e. The second-order valence-corrected chi connectivity index (χ2v) is 3.18. The predicted octanol–water partition coefficient (Wildman–Crippen LogP) is 0.139. The molecule has 15 heavy (non-hydrogen) atoms. The highest BCUT2D eigenvalue weighted by atomic mass is 16.5. The summed E-state index contributed by atoms with van der Waals surface area (Å²) in [6, 6.07) is 3.87. The molecule has 5 nitrogen and oxygen atoms in total. The molecule has 0 unspecified atom stereocenters. The van der Waals surface area contributed by atoms with Crippen molar-refractivity contribution in [3.8, 4) is 5.88 Å². The molecule has 2 heterocycles. The van der Waals surface area contributed by atoms with Crippen molar-refractivity contribution in [3.05, 3.63) is 23.9 Å². The third-order valence-corrected chi connectivity index (χ3v) is 2.16. The Morgan fingerprint density at radius 3 is 3.27 bits per heavy atom. The van der Waals surface area contributed by atoms with Gasteiger partial charge >= 0.3 is 0 Å². The first-order chi connectivity index (χ1) is 7.40. The first-order valence-corrected chi connectivity index (χ1v) is 4.90. The number of pyridine rings is 1. The van der Waals surface area contributed by atoms with E-state index >= 15 is 0 Å². The predicted molar refractivity (Wildman–Crippen MR) is 57.9 cm³/mol. The van der Waals surface area contributed by atoms with Gasteiger partial charge in [0.2, 0.25) is 5.88 Å². The molecule has 1 aliphatic heterocycles. The van der Waals surface area contributed by atoms with E-state index in [1.165, 1.54) is 0 Å². The normalized spacial score (nSPS) is 14.3. The number of aliphatic imine (C=N–C) groups is 1. The zero-order valence-corrected chi connectivity index (χ0v) is 8.66. The Balaban J connectivity index is 1.97. The Bertz CT molecular complexity index is 364. The summed E-state index contributed by atoms with van der Waals surface area (Å²) in [4.78, 5) is 8.36. The van der Waals surface area contributed by atoms with Crippen LogP contribution in [-0.4, -0.2) is 31.1 Å². The van der Waals surface area contributed by atoms with Crippen LogP contribution < -0.4 is 15.4 Å². The van der Waals surface area contributed by atoms with Crippen molar-refractivity contribution >= 4 is 5.96 Å². The van der Waals surface area contributed by atoms with E-state index in [9.17, 15) is 0 Å². The zero-order chi connectivity index (χ0) is 10.5. The molecule has 80 valence electrons. The average molecular weight is 206 g/mol. The fourth-order valence-corrected chi connectivity index (χ4v) is 1.44. The summed E-state index contributed by atoms with van der Waals surface area (Å²) in [5.41, 5.74) is 1.02. The lowest BCUT2D eigenvalue weighted by molar-refractivity contribution is 0.392. The SMILES string of the molecule is COc1ncccc1CNC1=NCCN1. The van der Waals surface area contributed by atoms with E-state index in [4.69, 9.17) is 4.74 Å². The summed E-state index contributed by atoms with van der Waals surface area (Å²) in [7, 11) is 1.62. The van der Waals surface area contributed by atoms with Gasteiger partial charge in [0, 0.05) is 24.8 Å². The second kappa shape index (κ2) is 4.63. The van der Waals surface area contributed by atoms with Crippen LogP contribution in [0.25, 0.3) is 0 Å². The van der Waals surface area contributed by atoms with Crippen molar-refractivity contribution in [1.82, 2.24) is 15.6 Å². The lowest BCUT2D eigenvalue weighted by atomic mass is 10.3. The van der Waals surface area contributed by atoms with Gasteiger partial charge in [-0.3, -0.25) is 4.99 Å². The number of nitrogens with zero attached hydrogens (tertiary/aromatic N) is 2. The number of rotatable bonds is 3. The minimum absolute atomic E-state index is 0.656. The van der Waals surface area contributed by atoms with E-state index in [0.29, 0.717) is 12.4 Å². The van der Waals surface area contributed by atoms with Crippen LogP contribution in [0.3, 0.4) is 0 Å². The van der Waals surface area contributed by atoms with E-state index in [-0.39, 0.29) is 0 Å². The Kier molecular flexibility index (Phi) is 3.02. The topological polar surface area (TPSA) is 58.5 Å². The van der Waals surface area contributed by atoms with Gasteiger partial charge in [-0.25, -0.2) is 4.98 Å². The van der Waals surface area contributed by atoms with Crippen LogP contribution in [0.15, 0.2) is 23.3 Å².